The Morgan fingerprint density at radius 1 is 0.558 bits per heavy atom. The Bertz CT molecular complexity index is 2260. The summed E-state index contributed by atoms with van der Waals surface area (Å²) < 4.78 is 2.56. The number of fused-ring (bicyclic) bond motifs is 4. The molecule has 7 aromatic rings. The van der Waals surface area contributed by atoms with E-state index in [0.29, 0.717) is 11.8 Å². The van der Waals surface area contributed by atoms with E-state index in [2.05, 4.69) is 160 Å². The number of hydrogen-bond acceptors (Lipinski definition) is 1. The summed E-state index contributed by atoms with van der Waals surface area (Å²) in [5.74, 6) is 1.03. The highest BCUT2D eigenvalue weighted by Gasteiger charge is 2.25. The van der Waals surface area contributed by atoms with Crippen molar-refractivity contribution in [3.63, 3.8) is 0 Å². The van der Waals surface area contributed by atoms with Crippen LogP contribution in [-0.4, -0.2) is 4.57 Å². The monoisotopic (exact) mass is 682 g/mol. The van der Waals surface area contributed by atoms with Crippen molar-refractivity contribution >= 4 is 49.6 Å². The Balaban J connectivity index is 1.46. The quantitative estimate of drug-likeness (QED) is 0.147. The predicted molar refractivity (Wildman–Crippen MR) is 226 cm³/mol. The summed E-state index contributed by atoms with van der Waals surface area (Å²) in [4.78, 5) is 2.50. The Kier molecular flexibility index (Phi) is 9.43. The van der Waals surface area contributed by atoms with Crippen molar-refractivity contribution in [2.24, 2.45) is 0 Å². The Labute approximate surface area is 311 Å². The molecule has 264 valence electrons. The molecule has 0 bridgehead atoms. The van der Waals surface area contributed by atoms with E-state index < -0.39 is 0 Å². The number of aryl methyl sites for hydroxylation is 4. The van der Waals surface area contributed by atoms with Gasteiger partial charge in [-0.3, -0.25) is 0 Å². The van der Waals surface area contributed by atoms with Gasteiger partial charge < -0.3 is 9.47 Å². The van der Waals surface area contributed by atoms with Gasteiger partial charge in [-0.05, 0) is 160 Å². The summed E-state index contributed by atoms with van der Waals surface area (Å²) in [7, 11) is 0. The van der Waals surface area contributed by atoms with Crippen LogP contribution in [0.4, 0.5) is 17.1 Å². The third-order valence-corrected chi connectivity index (χ3v) is 11.9. The Hall–Kier alpha value is -4.82. The first-order valence-electron chi connectivity index (χ1n) is 19.9. The molecule has 0 aliphatic heterocycles. The highest BCUT2D eigenvalue weighted by Crippen LogP contribution is 2.46. The highest BCUT2D eigenvalue weighted by atomic mass is 15.1. The molecular weight excluding hydrogens is 629 g/mol. The average Bonchev–Trinajstić information content (AvgIpc) is 3.47. The van der Waals surface area contributed by atoms with Crippen molar-refractivity contribution in [3.8, 4) is 5.69 Å². The molecule has 1 fully saturated rings. The molecule has 8 rings (SSSR count). The predicted octanol–water partition coefficient (Wildman–Crippen LogP) is 15.0. The maximum atomic E-state index is 2.57. The zero-order valence-electron chi connectivity index (χ0n) is 32.1. The molecule has 0 amide bonds. The summed E-state index contributed by atoms with van der Waals surface area (Å²) >= 11 is 0. The van der Waals surface area contributed by atoms with Crippen LogP contribution in [-0.2, 0) is 0 Å². The van der Waals surface area contributed by atoms with Crippen LogP contribution >= 0.6 is 0 Å². The molecule has 6 aromatic carbocycles. The van der Waals surface area contributed by atoms with E-state index in [-0.39, 0.29) is 0 Å². The maximum absolute atomic E-state index is 2.57. The summed E-state index contributed by atoms with van der Waals surface area (Å²) in [6.45, 7) is 13.5. The standard InChI is InChI=1S/C50H54N2/c1-7-12-37(8-2)43-30-42(52-49-25-19-35(5)27-47(49)48-28-36(6)20-26-50(48)52)32-46-44(38-13-10-9-11-14-38)29-41(31-45(43)46)51(39-21-15-33(3)16-22-39)40-23-17-34(4)18-24-40/h15-32,37-38H,7-14H2,1-6H3. The lowest BCUT2D eigenvalue weighted by Gasteiger charge is -2.31. The average molecular weight is 683 g/mol. The topological polar surface area (TPSA) is 8.17 Å². The minimum absolute atomic E-state index is 0.478. The zero-order valence-corrected chi connectivity index (χ0v) is 32.1. The van der Waals surface area contributed by atoms with E-state index in [1.165, 1.54) is 134 Å². The van der Waals surface area contributed by atoms with E-state index in [4.69, 9.17) is 0 Å². The number of benzene rings is 6. The van der Waals surface area contributed by atoms with Crippen molar-refractivity contribution in [3.05, 3.63) is 143 Å². The summed E-state index contributed by atoms with van der Waals surface area (Å²) in [5.41, 5.74) is 15.8. The second-order valence-electron chi connectivity index (χ2n) is 15.8. The van der Waals surface area contributed by atoms with Gasteiger partial charge in [0.1, 0.15) is 0 Å². The first-order valence-corrected chi connectivity index (χ1v) is 19.9. The molecule has 1 saturated carbocycles. The molecule has 52 heavy (non-hydrogen) atoms. The van der Waals surface area contributed by atoms with E-state index in [1.807, 2.05) is 0 Å². The fraction of sp³-hybridized carbons (Fsp3) is 0.320. The lowest BCUT2D eigenvalue weighted by molar-refractivity contribution is 0.445. The third-order valence-electron chi connectivity index (χ3n) is 11.9. The number of nitrogens with zero attached hydrogens (tertiary/aromatic N) is 2. The lowest BCUT2D eigenvalue weighted by atomic mass is 9.79. The summed E-state index contributed by atoms with van der Waals surface area (Å²) in [5, 5.41) is 5.56. The third kappa shape index (κ3) is 6.31. The number of anilines is 3. The first kappa shape index (κ1) is 34.3. The van der Waals surface area contributed by atoms with Crippen LogP contribution in [0.25, 0.3) is 38.3 Å². The molecule has 1 aliphatic carbocycles. The minimum Gasteiger partial charge on any atom is -0.310 e. The van der Waals surface area contributed by atoms with E-state index >= 15 is 0 Å². The lowest BCUT2D eigenvalue weighted by Crippen LogP contribution is -2.13. The van der Waals surface area contributed by atoms with Crippen LogP contribution in [0.2, 0.25) is 0 Å². The van der Waals surface area contributed by atoms with Gasteiger partial charge in [-0.25, -0.2) is 0 Å². The smallest absolute Gasteiger partial charge is 0.0541 e. The maximum Gasteiger partial charge on any atom is 0.0541 e. The molecule has 1 unspecified atom stereocenters. The molecule has 1 heterocycles. The first-order chi connectivity index (χ1) is 25.3. The van der Waals surface area contributed by atoms with E-state index in [9.17, 15) is 0 Å². The van der Waals surface area contributed by atoms with Crippen molar-refractivity contribution in [2.75, 3.05) is 4.90 Å². The van der Waals surface area contributed by atoms with Crippen molar-refractivity contribution in [1.82, 2.24) is 4.57 Å². The normalized spacial score (nSPS) is 14.4. The largest absolute Gasteiger partial charge is 0.310 e. The summed E-state index contributed by atoms with van der Waals surface area (Å²) in [6, 6.07) is 42.4. The molecule has 0 saturated heterocycles. The van der Waals surface area contributed by atoms with Crippen LogP contribution < -0.4 is 4.90 Å². The minimum atomic E-state index is 0.478. The molecule has 0 spiro atoms. The van der Waals surface area contributed by atoms with Crippen molar-refractivity contribution < 1.29 is 0 Å². The van der Waals surface area contributed by atoms with Gasteiger partial charge in [0.2, 0.25) is 0 Å². The highest BCUT2D eigenvalue weighted by molar-refractivity contribution is 6.10. The summed E-state index contributed by atoms with van der Waals surface area (Å²) in [6.07, 6.45) is 9.96. The van der Waals surface area contributed by atoms with Crippen LogP contribution in [0, 0.1) is 27.7 Å². The fourth-order valence-electron chi connectivity index (χ4n) is 9.13. The number of aromatic nitrogens is 1. The molecule has 0 N–H and O–H groups in total. The zero-order chi connectivity index (χ0) is 35.9. The number of hydrogen-bond donors (Lipinski definition) is 0. The van der Waals surface area contributed by atoms with Gasteiger partial charge >= 0.3 is 0 Å². The van der Waals surface area contributed by atoms with Gasteiger partial charge in [0.25, 0.3) is 0 Å². The molecule has 1 aromatic heterocycles. The second kappa shape index (κ2) is 14.3. The Morgan fingerprint density at radius 3 is 1.65 bits per heavy atom. The van der Waals surface area contributed by atoms with Crippen LogP contribution in [0.3, 0.4) is 0 Å². The van der Waals surface area contributed by atoms with Gasteiger partial charge in [-0.15, -0.1) is 0 Å². The second-order valence-corrected chi connectivity index (χ2v) is 15.8. The van der Waals surface area contributed by atoms with Crippen LogP contribution in [0.1, 0.15) is 110 Å². The van der Waals surface area contributed by atoms with Gasteiger partial charge in [0.05, 0.1) is 11.0 Å². The van der Waals surface area contributed by atoms with Gasteiger partial charge in [0, 0.05) is 33.5 Å². The molecule has 1 atom stereocenters. The molecule has 0 radical (unpaired) electrons. The van der Waals surface area contributed by atoms with Crippen molar-refractivity contribution in [1.29, 1.82) is 0 Å². The van der Waals surface area contributed by atoms with Crippen molar-refractivity contribution in [2.45, 2.75) is 105 Å². The van der Waals surface area contributed by atoms with Gasteiger partial charge in [0.15, 0.2) is 0 Å². The van der Waals surface area contributed by atoms with E-state index in [0.717, 1.165) is 6.42 Å². The SMILES string of the molecule is CCCC(CC)c1cc(-n2c3ccc(C)cc3c3cc(C)ccc32)cc2c(C3CCCCC3)cc(N(c3ccc(C)cc3)c3ccc(C)cc3)cc12. The molecule has 2 heteroatoms. The van der Waals surface area contributed by atoms with Gasteiger partial charge in [-0.1, -0.05) is 98.2 Å². The molecule has 2 nitrogen and oxygen atoms in total. The Morgan fingerprint density at radius 2 is 1.12 bits per heavy atom. The van der Waals surface area contributed by atoms with Crippen LogP contribution in [0.5, 0.6) is 0 Å². The van der Waals surface area contributed by atoms with E-state index in [1.54, 1.807) is 0 Å². The molecule has 1 aliphatic rings. The molecular formula is C50H54N2. The van der Waals surface area contributed by atoms with Crippen LogP contribution in [0.15, 0.2) is 109 Å². The fourth-order valence-corrected chi connectivity index (χ4v) is 9.13. The number of rotatable bonds is 9. The van der Waals surface area contributed by atoms with Gasteiger partial charge in [-0.2, -0.15) is 0 Å².